The summed E-state index contributed by atoms with van der Waals surface area (Å²) in [5.74, 6) is -1.49. The minimum absolute atomic E-state index is 0.353. The zero-order chi connectivity index (χ0) is 13.4. The maximum Gasteiger partial charge on any atom is 0.236 e. The second kappa shape index (κ2) is 7.38. The normalized spacial score (nSPS) is 8.94. The van der Waals surface area contributed by atoms with Gasteiger partial charge in [0.25, 0.3) is 0 Å². The van der Waals surface area contributed by atoms with Crippen LogP contribution in [0.4, 0.5) is 10.1 Å². The fraction of sp³-hybridized carbons (Fsp3) is 0.333. The number of carbonyl (C=O) groups is 2. The van der Waals surface area contributed by atoms with Crippen LogP contribution in [0.3, 0.4) is 0 Å². The third kappa shape index (κ3) is 5.10. The molecule has 0 aliphatic carbocycles. The van der Waals surface area contributed by atoms with Crippen LogP contribution in [-0.4, -0.2) is 18.9 Å². The molecule has 0 aliphatic rings. The number of benzene rings is 1. The topological polar surface area (TPSA) is 63.4 Å². The van der Waals surface area contributed by atoms with Crippen LogP contribution in [0, 0.1) is 5.82 Å². The number of amides is 2. The third-order valence-corrected chi connectivity index (χ3v) is 1.91. The summed E-state index contributed by atoms with van der Waals surface area (Å²) in [7, 11) is 1.50. The molecule has 0 unspecified atom stereocenters. The lowest BCUT2D eigenvalue weighted by atomic mass is 10.2. The maximum absolute atomic E-state index is 12.6. The van der Waals surface area contributed by atoms with Crippen LogP contribution in [0.5, 0.6) is 0 Å². The van der Waals surface area contributed by atoms with E-state index in [0.717, 1.165) is 0 Å². The van der Waals surface area contributed by atoms with E-state index < -0.39 is 11.8 Å². The van der Waals surface area contributed by atoms with Crippen molar-refractivity contribution in [3.63, 3.8) is 0 Å². The Bertz CT molecular complexity index is 377. The molecule has 0 heterocycles. The Balaban J connectivity index is 0.00000121. The van der Waals surface area contributed by atoms with Gasteiger partial charge in [-0.3, -0.25) is 9.59 Å². The lowest BCUT2D eigenvalue weighted by Crippen LogP contribution is -2.30. The van der Waals surface area contributed by atoms with E-state index in [-0.39, 0.29) is 12.2 Å². The molecule has 0 spiro atoms. The first-order valence-electron chi connectivity index (χ1n) is 5.31. The van der Waals surface area contributed by atoms with Crippen LogP contribution in [-0.2, 0) is 9.59 Å². The molecule has 1 aromatic rings. The standard InChI is InChI=1S/C10H11FN2O2.C2H6/c1-13(10(15)6-9(12)14)8-4-2-7(11)3-5-8;1-2/h2-5H,6H2,1H3,(H2,12,14);1-2H3. The number of carbonyl (C=O) groups excluding carboxylic acids is 2. The fourth-order valence-corrected chi connectivity index (χ4v) is 1.08. The van der Waals surface area contributed by atoms with Gasteiger partial charge in [0, 0.05) is 12.7 Å². The molecular weight excluding hydrogens is 223 g/mol. The van der Waals surface area contributed by atoms with E-state index in [1.165, 1.54) is 36.2 Å². The van der Waals surface area contributed by atoms with E-state index in [1.54, 1.807) is 0 Å². The molecule has 1 rings (SSSR count). The van der Waals surface area contributed by atoms with E-state index in [0.29, 0.717) is 5.69 Å². The summed E-state index contributed by atoms with van der Waals surface area (Å²) in [6.07, 6.45) is -0.353. The van der Waals surface area contributed by atoms with E-state index in [9.17, 15) is 14.0 Å². The first-order chi connectivity index (χ1) is 8.00. The molecule has 0 saturated carbocycles. The van der Waals surface area contributed by atoms with Crippen molar-refractivity contribution in [1.29, 1.82) is 0 Å². The molecule has 2 amide bonds. The highest BCUT2D eigenvalue weighted by Crippen LogP contribution is 2.13. The van der Waals surface area contributed by atoms with E-state index in [2.05, 4.69) is 0 Å². The number of nitrogens with zero attached hydrogens (tertiary/aromatic N) is 1. The molecule has 0 aromatic heterocycles. The fourth-order valence-electron chi connectivity index (χ4n) is 1.08. The van der Waals surface area contributed by atoms with Crippen LogP contribution in [0.15, 0.2) is 24.3 Å². The van der Waals surface area contributed by atoms with Crippen molar-refractivity contribution in [1.82, 2.24) is 0 Å². The van der Waals surface area contributed by atoms with Gasteiger partial charge in [-0.05, 0) is 24.3 Å². The quantitative estimate of drug-likeness (QED) is 0.817. The number of anilines is 1. The smallest absolute Gasteiger partial charge is 0.236 e. The van der Waals surface area contributed by atoms with Gasteiger partial charge in [0.1, 0.15) is 12.2 Å². The van der Waals surface area contributed by atoms with Crippen LogP contribution in [0.2, 0.25) is 0 Å². The van der Waals surface area contributed by atoms with Gasteiger partial charge in [0.05, 0.1) is 0 Å². The molecule has 4 nitrogen and oxygen atoms in total. The molecule has 0 fully saturated rings. The van der Waals surface area contributed by atoms with Crippen LogP contribution >= 0.6 is 0 Å². The highest BCUT2D eigenvalue weighted by atomic mass is 19.1. The summed E-state index contributed by atoms with van der Waals surface area (Å²) >= 11 is 0. The first-order valence-corrected chi connectivity index (χ1v) is 5.31. The van der Waals surface area contributed by atoms with E-state index in [4.69, 9.17) is 5.73 Å². The summed E-state index contributed by atoms with van der Waals surface area (Å²) < 4.78 is 12.6. The van der Waals surface area contributed by atoms with Gasteiger partial charge >= 0.3 is 0 Å². The number of primary amides is 1. The van der Waals surface area contributed by atoms with Crippen molar-refractivity contribution in [2.75, 3.05) is 11.9 Å². The Hall–Kier alpha value is -1.91. The lowest BCUT2D eigenvalue weighted by molar-refractivity contribution is -0.125. The average molecular weight is 240 g/mol. The largest absolute Gasteiger partial charge is 0.369 e. The summed E-state index contributed by atoms with van der Waals surface area (Å²) in [5, 5.41) is 0. The van der Waals surface area contributed by atoms with Gasteiger partial charge in [-0.25, -0.2) is 4.39 Å². The van der Waals surface area contributed by atoms with Crippen molar-refractivity contribution in [3.05, 3.63) is 30.1 Å². The van der Waals surface area contributed by atoms with Crippen LogP contribution < -0.4 is 10.6 Å². The third-order valence-electron chi connectivity index (χ3n) is 1.91. The summed E-state index contributed by atoms with van der Waals surface area (Å²) in [5.41, 5.74) is 5.40. The first kappa shape index (κ1) is 15.1. The molecule has 94 valence electrons. The second-order valence-electron chi connectivity index (χ2n) is 3.07. The van der Waals surface area contributed by atoms with Crippen molar-refractivity contribution in [2.45, 2.75) is 20.3 Å². The molecule has 2 N–H and O–H groups in total. The van der Waals surface area contributed by atoms with Crippen molar-refractivity contribution < 1.29 is 14.0 Å². The van der Waals surface area contributed by atoms with Gasteiger partial charge < -0.3 is 10.6 Å². The predicted molar refractivity (Wildman–Crippen MR) is 65.0 cm³/mol. The zero-order valence-electron chi connectivity index (χ0n) is 10.2. The number of hydrogen-bond donors (Lipinski definition) is 1. The Morgan fingerprint density at radius 2 is 1.71 bits per heavy atom. The number of hydrogen-bond acceptors (Lipinski definition) is 2. The maximum atomic E-state index is 12.6. The van der Waals surface area contributed by atoms with E-state index >= 15 is 0 Å². The number of rotatable bonds is 3. The van der Waals surface area contributed by atoms with Gasteiger partial charge in [0.15, 0.2) is 0 Å². The van der Waals surface area contributed by atoms with Crippen molar-refractivity contribution in [2.24, 2.45) is 5.73 Å². The van der Waals surface area contributed by atoms with Crippen molar-refractivity contribution >= 4 is 17.5 Å². The lowest BCUT2D eigenvalue weighted by Gasteiger charge is -2.16. The van der Waals surface area contributed by atoms with Crippen LogP contribution in [0.1, 0.15) is 20.3 Å². The number of halogens is 1. The van der Waals surface area contributed by atoms with E-state index in [1.807, 2.05) is 13.8 Å². The van der Waals surface area contributed by atoms with Gasteiger partial charge in [-0.2, -0.15) is 0 Å². The molecule has 0 saturated heterocycles. The molecule has 5 heteroatoms. The molecule has 0 aliphatic heterocycles. The molecule has 17 heavy (non-hydrogen) atoms. The van der Waals surface area contributed by atoms with Crippen molar-refractivity contribution in [3.8, 4) is 0 Å². The average Bonchev–Trinajstić information content (AvgIpc) is 2.31. The molecule has 0 atom stereocenters. The van der Waals surface area contributed by atoms with Gasteiger partial charge in [-0.1, -0.05) is 13.8 Å². The Kier molecular flexibility index (Phi) is 6.55. The predicted octanol–water partition coefficient (Wildman–Crippen LogP) is 1.69. The summed E-state index contributed by atoms with van der Waals surface area (Å²) in [6.45, 7) is 4.00. The highest BCUT2D eigenvalue weighted by Gasteiger charge is 2.13. The molecule has 0 radical (unpaired) electrons. The number of nitrogens with two attached hydrogens (primary N) is 1. The Morgan fingerprint density at radius 1 is 1.24 bits per heavy atom. The van der Waals surface area contributed by atoms with Gasteiger partial charge in [0.2, 0.25) is 11.8 Å². The Morgan fingerprint density at radius 3 is 2.12 bits per heavy atom. The minimum Gasteiger partial charge on any atom is -0.369 e. The monoisotopic (exact) mass is 240 g/mol. The minimum atomic E-state index is -0.686. The highest BCUT2D eigenvalue weighted by molar-refractivity contribution is 6.04. The molecule has 0 bridgehead atoms. The van der Waals surface area contributed by atoms with Crippen LogP contribution in [0.25, 0.3) is 0 Å². The van der Waals surface area contributed by atoms with Gasteiger partial charge in [-0.15, -0.1) is 0 Å². The molecule has 1 aromatic carbocycles. The molecular formula is C12H17FN2O2. The SMILES string of the molecule is CC.CN(C(=O)CC(N)=O)c1ccc(F)cc1. The summed E-state index contributed by atoms with van der Waals surface area (Å²) in [4.78, 5) is 23.1. The Labute approximate surface area is 100 Å². The zero-order valence-corrected chi connectivity index (χ0v) is 10.2. The second-order valence-corrected chi connectivity index (χ2v) is 3.07. The summed E-state index contributed by atoms with van der Waals surface area (Å²) in [6, 6.07) is 5.38.